The Bertz CT molecular complexity index is 1420. The molecule has 0 unspecified atom stereocenters. The van der Waals surface area contributed by atoms with Crippen LogP contribution in [0.25, 0.3) is 11.0 Å². The standard InChI is InChI=1S/C26H30N8O2/c1-17-31-32-23(36-17)15-18-14-19-16-28-26(30-24(19)34(25(18)35)22-4-2-3-5-22)29-20-6-8-21(9-7-20)33-12-10-27-11-13-33/h6-9,14,16,22,27H,2-5,10-13,15H2,1H3,(H,28,29,30). The average Bonchev–Trinajstić information content (AvgIpc) is 3.58. The molecule has 0 atom stereocenters. The van der Waals surface area contributed by atoms with Gasteiger partial charge in [-0.25, -0.2) is 4.98 Å². The highest BCUT2D eigenvalue weighted by molar-refractivity contribution is 5.77. The van der Waals surface area contributed by atoms with Gasteiger partial charge >= 0.3 is 0 Å². The lowest BCUT2D eigenvalue weighted by Crippen LogP contribution is -2.43. The Morgan fingerprint density at radius 1 is 1.11 bits per heavy atom. The molecule has 10 heteroatoms. The predicted molar refractivity (Wildman–Crippen MR) is 138 cm³/mol. The van der Waals surface area contributed by atoms with Crippen molar-refractivity contribution in [2.45, 2.75) is 45.1 Å². The normalized spacial score (nSPS) is 16.6. The number of nitrogens with zero attached hydrogens (tertiary/aromatic N) is 6. The maximum Gasteiger partial charge on any atom is 0.256 e. The molecule has 4 heterocycles. The Kier molecular flexibility index (Phi) is 6.10. The molecule has 36 heavy (non-hydrogen) atoms. The molecular weight excluding hydrogens is 456 g/mol. The van der Waals surface area contributed by atoms with Gasteiger partial charge in [0.2, 0.25) is 17.7 Å². The number of rotatable bonds is 6. The molecule has 3 aromatic heterocycles. The summed E-state index contributed by atoms with van der Waals surface area (Å²) in [6.45, 7) is 5.77. The van der Waals surface area contributed by atoms with E-state index < -0.39 is 0 Å². The molecule has 2 N–H and O–H groups in total. The summed E-state index contributed by atoms with van der Waals surface area (Å²) in [6, 6.07) is 10.3. The van der Waals surface area contributed by atoms with Crippen molar-refractivity contribution in [3.05, 3.63) is 64.2 Å². The minimum Gasteiger partial charge on any atom is -0.425 e. The molecule has 4 aromatic rings. The second kappa shape index (κ2) is 9.69. The predicted octanol–water partition coefficient (Wildman–Crippen LogP) is 3.34. The number of hydrogen-bond donors (Lipinski definition) is 2. The largest absolute Gasteiger partial charge is 0.425 e. The van der Waals surface area contributed by atoms with Crippen LogP contribution in [0.1, 0.15) is 49.1 Å². The van der Waals surface area contributed by atoms with Crippen molar-refractivity contribution >= 4 is 28.4 Å². The molecule has 0 amide bonds. The van der Waals surface area contributed by atoms with Gasteiger partial charge in [0, 0.05) is 67.7 Å². The van der Waals surface area contributed by atoms with Crippen LogP contribution < -0.4 is 21.1 Å². The molecule has 2 fully saturated rings. The second-order valence-corrected chi connectivity index (χ2v) is 9.56. The summed E-state index contributed by atoms with van der Waals surface area (Å²) in [6.07, 6.45) is 6.24. The smallest absolute Gasteiger partial charge is 0.256 e. The molecule has 10 nitrogen and oxygen atoms in total. The molecular formula is C26H30N8O2. The van der Waals surface area contributed by atoms with Gasteiger partial charge < -0.3 is 20.0 Å². The van der Waals surface area contributed by atoms with Crippen molar-refractivity contribution in [3.8, 4) is 0 Å². The van der Waals surface area contributed by atoms with Crippen molar-refractivity contribution < 1.29 is 4.42 Å². The number of piperazine rings is 1. The highest BCUT2D eigenvalue weighted by Gasteiger charge is 2.23. The summed E-state index contributed by atoms with van der Waals surface area (Å²) in [4.78, 5) is 25.4. The van der Waals surface area contributed by atoms with Crippen molar-refractivity contribution in [3.63, 3.8) is 0 Å². The van der Waals surface area contributed by atoms with E-state index in [4.69, 9.17) is 9.40 Å². The Morgan fingerprint density at radius 3 is 2.61 bits per heavy atom. The molecule has 1 aliphatic heterocycles. The zero-order valence-corrected chi connectivity index (χ0v) is 20.4. The van der Waals surface area contributed by atoms with E-state index >= 15 is 0 Å². The van der Waals surface area contributed by atoms with Gasteiger partial charge in [-0.15, -0.1) is 10.2 Å². The number of aromatic nitrogens is 5. The summed E-state index contributed by atoms with van der Waals surface area (Å²) in [5.41, 5.74) is 3.35. The first-order valence-corrected chi connectivity index (χ1v) is 12.7. The van der Waals surface area contributed by atoms with Crippen molar-refractivity contribution in [2.24, 2.45) is 0 Å². The summed E-state index contributed by atoms with van der Waals surface area (Å²) < 4.78 is 7.40. The third kappa shape index (κ3) is 4.56. The minimum atomic E-state index is -0.0460. The lowest BCUT2D eigenvalue weighted by molar-refractivity contribution is 0.473. The van der Waals surface area contributed by atoms with Crippen molar-refractivity contribution in [2.75, 3.05) is 36.4 Å². The lowest BCUT2D eigenvalue weighted by Gasteiger charge is -2.29. The maximum atomic E-state index is 13.6. The van der Waals surface area contributed by atoms with Crippen molar-refractivity contribution in [1.82, 2.24) is 30.0 Å². The Labute approximate surface area is 208 Å². The van der Waals surface area contributed by atoms with Crippen molar-refractivity contribution in [1.29, 1.82) is 0 Å². The van der Waals surface area contributed by atoms with Gasteiger partial charge in [-0.3, -0.25) is 9.36 Å². The summed E-state index contributed by atoms with van der Waals surface area (Å²) in [7, 11) is 0. The monoisotopic (exact) mass is 486 g/mol. The fraction of sp³-hybridized carbons (Fsp3) is 0.423. The van der Waals surface area contributed by atoms with Crippen LogP contribution in [-0.4, -0.2) is 50.9 Å². The van der Waals surface area contributed by atoms with E-state index in [1.54, 1.807) is 13.1 Å². The van der Waals surface area contributed by atoms with E-state index in [1.807, 2.05) is 22.8 Å². The number of anilines is 3. The first-order valence-electron chi connectivity index (χ1n) is 12.7. The lowest BCUT2D eigenvalue weighted by atomic mass is 10.1. The zero-order valence-electron chi connectivity index (χ0n) is 20.4. The highest BCUT2D eigenvalue weighted by atomic mass is 16.4. The van der Waals surface area contributed by atoms with Crippen LogP contribution in [0.5, 0.6) is 0 Å². The Morgan fingerprint density at radius 2 is 1.89 bits per heavy atom. The van der Waals surface area contributed by atoms with Gasteiger partial charge in [0.05, 0.1) is 6.42 Å². The zero-order chi connectivity index (χ0) is 24.5. The Hall–Kier alpha value is -3.79. The fourth-order valence-electron chi connectivity index (χ4n) is 5.24. The molecule has 1 aliphatic carbocycles. The van der Waals surface area contributed by atoms with E-state index in [-0.39, 0.29) is 11.6 Å². The SMILES string of the molecule is Cc1nnc(Cc2cc3cnc(Nc4ccc(N5CCNCC5)cc4)nc3n(C3CCCC3)c2=O)o1. The summed E-state index contributed by atoms with van der Waals surface area (Å²) in [5, 5.41) is 15.5. The van der Waals surface area contributed by atoms with Gasteiger partial charge in [-0.05, 0) is 43.2 Å². The first-order chi connectivity index (χ1) is 17.6. The molecule has 186 valence electrons. The van der Waals surface area contributed by atoms with Crippen LogP contribution in [0, 0.1) is 6.92 Å². The van der Waals surface area contributed by atoms with E-state index in [9.17, 15) is 4.79 Å². The first kappa shape index (κ1) is 22.7. The fourth-order valence-corrected chi connectivity index (χ4v) is 5.24. The number of pyridine rings is 1. The number of benzene rings is 1. The molecule has 2 aliphatic rings. The second-order valence-electron chi connectivity index (χ2n) is 9.56. The van der Waals surface area contributed by atoms with Crippen LogP contribution in [0.3, 0.4) is 0 Å². The number of aryl methyl sites for hydroxylation is 1. The molecule has 0 bridgehead atoms. The van der Waals surface area contributed by atoms with Gasteiger partial charge in [-0.1, -0.05) is 12.8 Å². The van der Waals surface area contributed by atoms with Crippen LogP contribution in [0.4, 0.5) is 17.3 Å². The molecule has 6 rings (SSSR count). The third-order valence-corrected chi connectivity index (χ3v) is 7.05. The topological polar surface area (TPSA) is 114 Å². The quantitative estimate of drug-likeness (QED) is 0.423. The van der Waals surface area contributed by atoms with Gasteiger partial charge in [0.25, 0.3) is 5.56 Å². The van der Waals surface area contributed by atoms with E-state index in [0.717, 1.165) is 62.9 Å². The Balaban J connectivity index is 1.32. The van der Waals surface area contributed by atoms with Crippen LogP contribution in [0.15, 0.2) is 45.7 Å². The summed E-state index contributed by atoms with van der Waals surface area (Å²) in [5.74, 6) is 1.40. The van der Waals surface area contributed by atoms with Crippen LogP contribution in [-0.2, 0) is 6.42 Å². The number of fused-ring (bicyclic) bond motifs is 1. The van der Waals surface area contributed by atoms with Gasteiger partial charge in [0.1, 0.15) is 5.65 Å². The molecule has 0 radical (unpaired) electrons. The molecule has 1 saturated carbocycles. The van der Waals surface area contributed by atoms with Crippen LogP contribution in [0.2, 0.25) is 0 Å². The maximum absolute atomic E-state index is 13.6. The van der Waals surface area contributed by atoms with Gasteiger partial charge in [0.15, 0.2) is 0 Å². The van der Waals surface area contributed by atoms with Gasteiger partial charge in [-0.2, -0.15) is 4.98 Å². The minimum absolute atomic E-state index is 0.0460. The molecule has 1 saturated heterocycles. The third-order valence-electron chi connectivity index (χ3n) is 7.05. The van der Waals surface area contributed by atoms with E-state index in [2.05, 4.69) is 42.8 Å². The molecule has 1 aromatic carbocycles. The summed E-state index contributed by atoms with van der Waals surface area (Å²) >= 11 is 0. The van der Waals surface area contributed by atoms with E-state index in [0.29, 0.717) is 35.4 Å². The highest BCUT2D eigenvalue weighted by Crippen LogP contribution is 2.31. The molecule has 0 spiro atoms. The van der Waals surface area contributed by atoms with Crippen LogP contribution >= 0.6 is 0 Å². The number of hydrogen-bond acceptors (Lipinski definition) is 9. The average molecular weight is 487 g/mol. The number of nitrogens with one attached hydrogen (secondary N) is 2. The van der Waals surface area contributed by atoms with E-state index in [1.165, 1.54) is 5.69 Å².